The average molecular weight is 387 g/mol. The van der Waals surface area contributed by atoms with Crippen molar-refractivity contribution in [2.45, 2.75) is 32.4 Å². The van der Waals surface area contributed by atoms with Gasteiger partial charge in [0.15, 0.2) is 0 Å². The molecule has 0 saturated carbocycles. The molecule has 1 unspecified atom stereocenters. The summed E-state index contributed by atoms with van der Waals surface area (Å²) in [6.45, 7) is 8.00. The molecule has 6 heteroatoms. The number of nitrogens with one attached hydrogen (secondary N) is 1. The summed E-state index contributed by atoms with van der Waals surface area (Å²) >= 11 is 0. The lowest BCUT2D eigenvalue weighted by Gasteiger charge is -2.16. The van der Waals surface area contributed by atoms with Gasteiger partial charge in [0.2, 0.25) is 0 Å². The molecule has 1 fully saturated rings. The highest BCUT2D eigenvalue weighted by atomic mass is 16.5. The van der Waals surface area contributed by atoms with Crippen molar-refractivity contribution in [3.05, 3.63) is 48.5 Å². The van der Waals surface area contributed by atoms with Crippen molar-refractivity contribution in [3.8, 4) is 5.75 Å². The van der Waals surface area contributed by atoms with Crippen LogP contribution in [0.2, 0.25) is 0 Å². The zero-order chi connectivity index (χ0) is 19.4. The number of likely N-dealkylation sites (tertiary alicyclic amines) is 1. The maximum absolute atomic E-state index is 6.04. The Labute approximate surface area is 168 Å². The Balaban J connectivity index is 1.34. The first-order valence-electron chi connectivity index (χ1n) is 10.4. The predicted octanol–water partition coefficient (Wildman–Crippen LogP) is 2.80. The molecule has 28 heavy (non-hydrogen) atoms. The van der Waals surface area contributed by atoms with Gasteiger partial charge in [-0.05, 0) is 44.3 Å². The summed E-state index contributed by atoms with van der Waals surface area (Å²) in [5.41, 5.74) is 1.24. The van der Waals surface area contributed by atoms with Crippen LogP contribution in [0.1, 0.15) is 24.8 Å². The van der Waals surface area contributed by atoms with Crippen LogP contribution in [0.5, 0.6) is 5.75 Å². The van der Waals surface area contributed by atoms with E-state index in [9.17, 15) is 0 Å². The Bertz CT molecular complexity index is 662. The highest BCUT2D eigenvalue weighted by Gasteiger charge is 2.21. The van der Waals surface area contributed by atoms with E-state index >= 15 is 0 Å². The number of ether oxygens (including phenoxy) is 2. The van der Waals surface area contributed by atoms with E-state index in [1.165, 1.54) is 25.1 Å². The third-order valence-corrected chi connectivity index (χ3v) is 5.29. The topological polar surface area (TPSA) is 51.6 Å². The number of hydrogen-bond acceptors (Lipinski definition) is 5. The van der Waals surface area contributed by atoms with Crippen molar-refractivity contribution in [2.24, 2.45) is 5.92 Å². The quantitative estimate of drug-likeness (QED) is 0.537. The smallest absolute Gasteiger partial charge is 0.123 e. The van der Waals surface area contributed by atoms with E-state index in [-0.39, 0.29) is 0 Å². The average Bonchev–Trinajstić information content (AvgIpc) is 3.39. The SMILES string of the molecule is COCCCN1CCC(CNCc2ccccc2OCCCn2ccnc2)C1. The molecule has 154 valence electrons. The molecule has 0 aliphatic carbocycles. The van der Waals surface area contributed by atoms with Gasteiger partial charge in [-0.3, -0.25) is 0 Å². The van der Waals surface area contributed by atoms with Crippen LogP contribution < -0.4 is 10.1 Å². The normalized spacial score (nSPS) is 17.2. The molecule has 0 spiro atoms. The predicted molar refractivity (Wildman–Crippen MR) is 112 cm³/mol. The molecule has 1 aliphatic heterocycles. The highest BCUT2D eigenvalue weighted by Crippen LogP contribution is 2.19. The standard InChI is InChI=1S/C22H34N4O2/c1-27-14-4-10-25-12-8-20(18-25)16-24-17-21-6-2-3-7-22(21)28-15-5-11-26-13-9-23-19-26/h2-3,6-7,9,13,19-20,24H,4-5,8,10-12,14-18H2,1H3. The highest BCUT2D eigenvalue weighted by molar-refractivity contribution is 5.33. The number of aryl methyl sites for hydroxylation is 1. The Morgan fingerprint density at radius 1 is 1.18 bits per heavy atom. The van der Waals surface area contributed by atoms with Gasteiger partial charge in [0.05, 0.1) is 12.9 Å². The van der Waals surface area contributed by atoms with Crippen molar-refractivity contribution in [2.75, 3.05) is 46.5 Å². The van der Waals surface area contributed by atoms with Crippen molar-refractivity contribution in [3.63, 3.8) is 0 Å². The van der Waals surface area contributed by atoms with Crippen LogP contribution in [0.15, 0.2) is 43.0 Å². The van der Waals surface area contributed by atoms with Gasteiger partial charge in [0.25, 0.3) is 0 Å². The van der Waals surface area contributed by atoms with Crippen LogP contribution in [-0.2, 0) is 17.8 Å². The molecule has 1 aromatic heterocycles. The van der Waals surface area contributed by atoms with E-state index in [4.69, 9.17) is 9.47 Å². The first-order valence-corrected chi connectivity index (χ1v) is 10.4. The van der Waals surface area contributed by atoms with Crippen LogP contribution in [0.25, 0.3) is 0 Å². The number of benzene rings is 1. The van der Waals surface area contributed by atoms with E-state index in [0.29, 0.717) is 6.61 Å². The van der Waals surface area contributed by atoms with Gasteiger partial charge in [-0.15, -0.1) is 0 Å². The first-order chi connectivity index (χ1) is 13.8. The van der Waals surface area contributed by atoms with Crippen molar-refractivity contribution < 1.29 is 9.47 Å². The lowest BCUT2D eigenvalue weighted by atomic mass is 10.1. The maximum atomic E-state index is 6.04. The van der Waals surface area contributed by atoms with Gasteiger partial charge in [-0.2, -0.15) is 0 Å². The largest absolute Gasteiger partial charge is 0.493 e. The number of para-hydroxylation sites is 1. The molecule has 6 nitrogen and oxygen atoms in total. The maximum Gasteiger partial charge on any atom is 0.123 e. The van der Waals surface area contributed by atoms with Crippen molar-refractivity contribution in [1.29, 1.82) is 0 Å². The monoisotopic (exact) mass is 386 g/mol. The van der Waals surface area contributed by atoms with Crippen LogP contribution in [-0.4, -0.2) is 61.0 Å². The second kappa shape index (κ2) is 11.8. The van der Waals surface area contributed by atoms with E-state index in [0.717, 1.165) is 57.3 Å². The molecule has 0 bridgehead atoms. The van der Waals surface area contributed by atoms with Crippen molar-refractivity contribution in [1.82, 2.24) is 19.8 Å². The Morgan fingerprint density at radius 3 is 2.93 bits per heavy atom. The van der Waals surface area contributed by atoms with Gasteiger partial charge >= 0.3 is 0 Å². The van der Waals surface area contributed by atoms with Gasteiger partial charge in [-0.1, -0.05) is 18.2 Å². The molecule has 1 saturated heterocycles. The Morgan fingerprint density at radius 2 is 2.07 bits per heavy atom. The number of nitrogens with zero attached hydrogens (tertiary/aromatic N) is 3. The first kappa shape index (κ1) is 20.8. The number of imidazole rings is 1. The molecule has 0 amide bonds. The minimum absolute atomic E-state index is 0.717. The lowest BCUT2D eigenvalue weighted by molar-refractivity contribution is 0.178. The second-order valence-corrected chi connectivity index (χ2v) is 7.54. The molecule has 3 rings (SSSR count). The summed E-state index contributed by atoms with van der Waals surface area (Å²) in [4.78, 5) is 6.63. The van der Waals surface area contributed by atoms with E-state index in [2.05, 4.69) is 38.0 Å². The summed E-state index contributed by atoms with van der Waals surface area (Å²) in [6.07, 6.45) is 9.03. The third kappa shape index (κ3) is 6.93. The fourth-order valence-corrected chi connectivity index (χ4v) is 3.76. The Kier molecular flexibility index (Phi) is 8.81. The van der Waals surface area contributed by atoms with Crippen LogP contribution >= 0.6 is 0 Å². The van der Waals surface area contributed by atoms with Crippen LogP contribution in [0.4, 0.5) is 0 Å². The molecule has 0 radical (unpaired) electrons. The van der Waals surface area contributed by atoms with Gasteiger partial charge in [0.1, 0.15) is 5.75 Å². The van der Waals surface area contributed by atoms with Gasteiger partial charge in [0, 0.05) is 57.9 Å². The molecule has 1 N–H and O–H groups in total. The second-order valence-electron chi connectivity index (χ2n) is 7.54. The molecule has 2 heterocycles. The third-order valence-electron chi connectivity index (χ3n) is 5.29. The molecule has 1 atom stereocenters. The molecule has 2 aromatic rings. The zero-order valence-electron chi connectivity index (χ0n) is 17.1. The summed E-state index contributed by atoms with van der Waals surface area (Å²) in [6, 6.07) is 8.36. The fourth-order valence-electron chi connectivity index (χ4n) is 3.76. The lowest BCUT2D eigenvalue weighted by Crippen LogP contribution is -2.27. The number of aromatic nitrogens is 2. The molecular weight excluding hydrogens is 352 g/mol. The van der Waals surface area contributed by atoms with Gasteiger partial charge in [-0.25, -0.2) is 4.98 Å². The summed E-state index contributed by atoms with van der Waals surface area (Å²) in [5.74, 6) is 1.74. The Hall–Kier alpha value is -1.89. The van der Waals surface area contributed by atoms with E-state index in [1.807, 2.05) is 24.8 Å². The van der Waals surface area contributed by atoms with Gasteiger partial charge < -0.3 is 24.3 Å². The fraction of sp³-hybridized carbons (Fsp3) is 0.591. The number of rotatable bonds is 13. The van der Waals surface area contributed by atoms with Crippen molar-refractivity contribution >= 4 is 0 Å². The summed E-state index contributed by atoms with van der Waals surface area (Å²) in [5, 5.41) is 3.64. The number of methoxy groups -OCH3 is 1. The van der Waals surface area contributed by atoms with E-state index < -0.39 is 0 Å². The van der Waals surface area contributed by atoms with Crippen LogP contribution in [0, 0.1) is 5.92 Å². The summed E-state index contributed by atoms with van der Waals surface area (Å²) < 4.78 is 13.3. The minimum atomic E-state index is 0.717. The van der Waals surface area contributed by atoms with Crippen LogP contribution in [0.3, 0.4) is 0 Å². The number of hydrogen-bond donors (Lipinski definition) is 1. The molecule has 1 aromatic carbocycles. The zero-order valence-corrected chi connectivity index (χ0v) is 17.1. The molecular formula is C22H34N4O2. The van der Waals surface area contributed by atoms with E-state index in [1.54, 1.807) is 7.11 Å². The molecule has 1 aliphatic rings. The minimum Gasteiger partial charge on any atom is -0.493 e. The summed E-state index contributed by atoms with van der Waals surface area (Å²) in [7, 11) is 1.78.